The maximum Gasteiger partial charge on any atom is 0.119 e. The average Bonchev–Trinajstić information content (AvgIpc) is 3.23. The summed E-state index contributed by atoms with van der Waals surface area (Å²) in [6, 6.07) is 5.18. The molecule has 96 valence electrons. The number of benzene rings is 1. The molecule has 1 heterocycles. The van der Waals surface area contributed by atoms with Gasteiger partial charge in [-0.15, -0.1) is 0 Å². The Morgan fingerprint density at radius 3 is 2.89 bits per heavy atom. The van der Waals surface area contributed by atoms with Crippen LogP contribution in [0.5, 0.6) is 5.75 Å². The Kier molecular flexibility index (Phi) is 2.41. The number of hydrogen-bond acceptors (Lipinski definition) is 2. The molecule has 1 aliphatic heterocycles. The van der Waals surface area contributed by atoms with E-state index in [1.165, 1.54) is 38.6 Å². The summed E-state index contributed by atoms with van der Waals surface area (Å²) in [5, 5.41) is 3.80. The van der Waals surface area contributed by atoms with Gasteiger partial charge < -0.3 is 10.1 Å². The standard InChI is InChI=1S/C16H21NO/c1-18-13-7-11-3-2-4-12-9-17-16(10-5-6-10)14(8-13)15(11)12/h7-8,10,12,16-17H,2-6,9H2,1H3. The minimum Gasteiger partial charge on any atom is -0.497 e. The van der Waals surface area contributed by atoms with Gasteiger partial charge in [-0.2, -0.15) is 0 Å². The van der Waals surface area contributed by atoms with Crippen LogP contribution in [0, 0.1) is 5.92 Å². The van der Waals surface area contributed by atoms with Gasteiger partial charge in [-0.25, -0.2) is 0 Å². The molecule has 3 aliphatic rings. The van der Waals surface area contributed by atoms with Gasteiger partial charge in [0, 0.05) is 12.6 Å². The minimum atomic E-state index is 0.600. The molecule has 0 radical (unpaired) electrons. The van der Waals surface area contributed by atoms with Gasteiger partial charge in [0.2, 0.25) is 0 Å². The first-order chi connectivity index (χ1) is 8.86. The molecule has 2 aliphatic carbocycles. The third-order valence-electron chi connectivity index (χ3n) is 4.93. The van der Waals surface area contributed by atoms with E-state index in [-0.39, 0.29) is 0 Å². The van der Waals surface area contributed by atoms with Crippen LogP contribution in [-0.4, -0.2) is 13.7 Å². The predicted molar refractivity (Wildman–Crippen MR) is 72.1 cm³/mol. The smallest absolute Gasteiger partial charge is 0.119 e. The lowest BCUT2D eigenvalue weighted by Crippen LogP contribution is -2.36. The van der Waals surface area contributed by atoms with Gasteiger partial charge in [-0.3, -0.25) is 0 Å². The SMILES string of the molecule is COc1cc2c3c(c1)C(C1CC1)NCC3CCC2. The van der Waals surface area contributed by atoms with Crippen LogP contribution in [0.1, 0.15) is 54.3 Å². The lowest BCUT2D eigenvalue weighted by Gasteiger charge is -2.37. The van der Waals surface area contributed by atoms with E-state index in [1.807, 2.05) is 0 Å². The molecule has 1 fully saturated rings. The van der Waals surface area contributed by atoms with Crippen molar-refractivity contribution in [2.45, 2.75) is 44.1 Å². The zero-order valence-corrected chi connectivity index (χ0v) is 11.0. The van der Waals surface area contributed by atoms with E-state index in [4.69, 9.17) is 4.74 Å². The molecule has 0 spiro atoms. The monoisotopic (exact) mass is 243 g/mol. The van der Waals surface area contributed by atoms with Crippen molar-refractivity contribution in [3.63, 3.8) is 0 Å². The third kappa shape index (κ3) is 1.58. The summed E-state index contributed by atoms with van der Waals surface area (Å²) in [6.07, 6.45) is 6.73. The van der Waals surface area contributed by atoms with Crippen molar-refractivity contribution < 1.29 is 4.74 Å². The molecule has 0 amide bonds. The largest absolute Gasteiger partial charge is 0.497 e. The fraction of sp³-hybridized carbons (Fsp3) is 0.625. The second-order valence-electron chi connectivity index (χ2n) is 6.10. The molecule has 0 aromatic heterocycles. The van der Waals surface area contributed by atoms with Crippen LogP contribution in [0.4, 0.5) is 0 Å². The van der Waals surface area contributed by atoms with Gasteiger partial charge in [-0.1, -0.05) is 0 Å². The van der Waals surface area contributed by atoms with Crippen molar-refractivity contribution in [3.8, 4) is 5.75 Å². The number of aryl methyl sites for hydroxylation is 1. The Morgan fingerprint density at radius 2 is 2.11 bits per heavy atom. The van der Waals surface area contributed by atoms with Crippen molar-refractivity contribution in [1.82, 2.24) is 5.32 Å². The van der Waals surface area contributed by atoms with Crippen LogP contribution in [0.25, 0.3) is 0 Å². The molecular weight excluding hydrogens is 222 g/mol. The maximum atomic E-state index is 5.50. The summed E-state index contributed by atoms with van der Waals surface area (Å²) in [7, 11) is 1.79. The number of hydrogen-bond donors (Lipinski definition) is 1. The van der Waals surface area contributed by atoms with Gasteiger partial charge in [-0.05, 0) is 72.8 Å². The lowest BCUT2D eigenvalue weighted by molar-refractivity contribution is 0.379. The number of ether oxygens (including phenoxy) is 1. The molecule has 0 bridgehead atoms. The van der Waals surface area contributed by atoms with Gasteiger partial charge >= 0.3 is 0 Å². The molecule has 4 rings (SSSR count). The Morgan fingerprint density at radius 1 is 1.22 bits per heavy atom. The summed E-state index contributed by atoms with van der Waals surface area (Å²) in [5.41, 5.74) is 4.80. The first-order valence-corrected chi connectivity index (χ1v) is 7.31. The van der Waals surface area contributed by atoms with Gasteiger partial charge in [0.15, 0.2) is 0 Å². The molecule has 2 unspecified atom stereocenters. The van der Waals surface area contributed by atoms with Gasteiger partial charge in [0.1, 0.15) is 5.75 Å². The molecule has 1 saturated carbocycles. The Labute approximate surface area is 109 Å². The first kappa shape index (κ1) is 10.9. The minimum absolute atomic E-state index is 0.600. The van der Waals surface area contributed by atoms with Crippen LogP contribution in [0.15, 0.2) is 12.1 Å². The van der Waals surface area contributed by atoms with Gasteiger partial charge in [0.25, 0.3) is 0 Å². The molecule has 2 nitrogen and oxygen atoms in total. The third-order valence-corrected chi connectivity index (χ3v) is 4.93. The lowest BCUT2D eigenvalue weighted by atomic mass is 9.75. The fourth-order valence-corrected chi connectivity index (χ4v) is 3.90. The highest BCUT2D eigenvalue weighted by Gasteiger charge is 2.39. The zero-order chi connectivity index (χ0) is 12.1. The van der Waals surface area contributed by atoms with Crippen LogP contribution in [0.3, 0.4) is 0 Å². The van der Waals surface area contributed by atoms with E-state index >= 15 is 0 Å². The summed E-state index contributed by atoms with van der Waals surface area (Å²) >= 11 is 0. The molecule has 1 aromatic rings. The molecule has 2 heteroatoms. The van der Waals surface area contributed by atoms with E-state index < -0.39 is 0 Å². The highest BCUT2D eigenvalue weighted by Crippen LogP contribution is 2.49. The second kappa shape index (κ2) is 3.99. The molecule has 18 heavy (non-hydrogen) atoms. The predicted octanol–water partition coefficient (Wildman–Crippen LogP) is 3.17. The highest BCUT2D eigenvalue weighted by molar-refractivity contribution is 5.49. The topological polar surface area (TPSA) is 21.3 Å². The summed E-state index contributed by atoms with van der Waals surface area (Å²) < 4.78 is 5.50. The van der Waals surface area contributed by atoms with Crippen molar-refractivity contribution in [3.05, 3.63) is 28.8 Å². The van der Waals surface area contributed by atoms with Crippen molar-refractivity contribution >= 4 is 0 Å². The second-order valence-corrected chi connectivity index (χ2v) is 6.10. The summed E-state index contributed by atoms with van der Waals surface area (Å²) in [5.74, 6) is 2.69. The fourth-order valence-electron chi connectivity index (χ4n) is 3.90. The van der Waals surface area contributed by atoms with Crippen LogP contribution in [0.2, 0.25) is 0 Å². The molecular formula is C16H21NO. The molecule has 0 saturated heterocycles. The number of nitrogens with one attached hydrogen (secondary N) is 1. The summed E-state index contributed by atoms with van der Waals surface area (Å²) in [6.45, 7) is 1.19. The van der Waals surface area contributed by atoms with E-state index in [0.29, 0.717) is 6.04 Å². The van der Waals surface area contributed by atoms with Crippen molar-refractivity contribution in [2.24, 2.45) is 5.92 Å². The number of rotatable bonds is 2. The van der Waals surface area contributed by atoms with Crippen LogP contribution < -0.4 is 10.1 Å². The van der Waals surface area contributed by atoms with E-state index in [0.717, 1.165) is 17.6 Å². The van der Waals surface area contributed by atoms with Crippen LogP contribution in [-0.2, 0) is 6.42 Å². The van der Waals surface area contributed by atoms with E-state index in [9.17, 15) is 0 Å². The first-order valence-electron chi connectivity index (χ1n) is 7.31. The quantitative estimate of drug-likeness (QED) is 0.861. The van der Waals surface area contributed by atoms with E-state index in [2.05, 4.69) is 17.4 Å². The molecule has 1 N–H and O–H groups in total. The molecule has 2 atom stereocenters. The Balaban J connectivity index is 1.86. The Bertz CT molecular complexity index is 478. The maximum absolute atomic E-state index is 5.50. The number of methoxy groups -OCH3 is 1. The zero-order valence-electron chi connectivity index (χ0n) is 11.0. The highest BCUT2D eigenvalue weighted by atomic mass is 16.5. The molecule has 1 aromatic carbocycles. The summed E-state index contributed by atoms with van der Waals surface area (Å²) in [4.78, 5) is 0. The average molecular weight is 243 g/mol. The van der Waals surface area contributed by atoms with Gasteiger partial charge in [0.05, 0.1) is 7.11 Å². The van der Waals surface area contributed by atoms with E-state index in [1.54, 1.807) is 23.8 Å². The van der Waals surface area contributed by atoms with Crippen molar-refractivity contribution in [2.75, 3.05) is 13.7 Å². The Hall–Kier alpha value is -1.02. The van der Waals surface area contributed by atoms with Crippen molar-refractivity contribution in [1.29, 1.82) is 0 Å². The van der Waals surface area contributed by atoms with Crippen LogP contribution >= 0.6 is 0 Å². The normalized spacial score (nSPS) is 29.8.